The van der Waals surface area contributed by atoms with Crippen LogP contribution in [0.1, 0.15) is 21.9 Å². The van der Waals surface area contributed by atoms with Gasteiger partial charge in [0.15, 0.2) is 11.6 Å². The van der Waals surface area contributed by atoms with Gasteiger partial charge in [0.2, 0.25) is 0 Å². The molecule has 9 heteroatoms. The van der Waals surface area contributed by atoms with Crippen molar-refractivity contribution in [3.8, 4) is 11.5 Å². The molecule has 0 aliphatic rings. The van der Waals surface area contributed by atoms with Crippen molar-refractivity contribution in [3.63, 3.8) is 0 Å². The number of hydrogen-bond donors (Lipinski definition) is 1. The third-order valence-electron chi connectivity index (χ3n) is 4.57. The van der Waals surface area contributed by atoms with E-state index in [0.717, 1.165) is 5.75 Å². The van der Waals surface area contributed by atoms with Crippen molar-refractivity contribution in [1.29, 1.82) is 0 Å². The molecule has 4 aromatic rings. The number of hydrogen-bond acceptors (Lipinski definition) is 5. The summed E-state index contributed by atoms with van der Waals surface area (Å²) in [5.74, 6) is 1.53. The molecule has 0 unspecified atom stereocenters. The minimum atomic E-state index is -0.461. The quantitative estimate of drug-likeness (QED) is 0.357. The molecule has 4 rings (SSSR count). The molecule has 0 fully saturated rings. The van der Waals surface area contributed by atoms with Crippen molar-refractivity contribution in [2.75, 3.05) is 12.4 Å². The van der Waals surface area contributed by atoms with Gasteiger partial charge in [-0.2, -0.15) is 5.10 Å². The lowest BCUT2D eigenvalue weighted by Gasteiger charge is -2.05. The van der Waals surface area contributed by atoms with E-state index in [9.17, 15) is 9.18 Å². The van der Waals surface area contributed by atoms with Crippen LogP contribution >= 0.6 is 15.9 Å². The zero-order valence-corrected chi connectivity index (χ0v) is 18.6. The fourth-order valence-corrected chi connectivity index (χ4v) is 3.35. The molecule has 2 heterocycles. The van der Waals surface area contributed by atoms with Gasteiger partial charge in [-0.3, -0.25) is 9.48 Å². The Morgan fingerprint density at radius 2 is 1.88 bits per heavy atom. The van der Waals surface area contributed by atoms with Crippen LogP contribution in [0.15, 0.2) is 75.8 Å². The number of benzene rings is 2. The molecule has 2 aromatic carbocycles. The van der Waals surface area contributed by atoms with E-state index in [4.69, 9.17) is 13.9 Å². The Hall–Kier alpha value is -3.59. The zero-order valence-electron chi connectivity index (χ0n) is 17.0. The van der Waals surface area contributed by atoms with Gasteiger partial charge in [-0.25, -0.2) is 4.39 Å². The van der Waals surface area contributed by atoms with Crippen LogP contribution in [0.25, 0.3) is 0 Å². The van der Waals surface area contributed by atoms with E-state index in [-0.39, 0.29) is 24.7 Å². The molecular weight excluding hydrogens is 481 g/mol. The number of furan rings is 1. The Bertz CT molecular complexity index is 1220. The molecule has 0 bridgehead atoms. The monoisotopic (exact) mass is 499 g/mol. The van der Waals surface area contributed by atoms with E-state index in [1.807, 2.05) is 0 Å². The summed E-state index contributed by atoms with van der Waals surface area (Å²) in [7, 11) is 1.59. The number of nitrogens with zero attached hydrogens (tertiary/aromatic N) is 2. The van der Waals surface area contributed by atoms with Crippen molar-refractivity contribution in [2.45, 2.75) is 13.2 Å². The minimum absolute atomic E-state index is 0.119. The van der Waals surface area contributed by atoms with Gasteiger partial charge in [-0.1, -0.05) is 18.2 Å². The Kier molecular flexibility index (Phi) is 6.55. The summed E-state index contributed by atoms with van der Waals surface area (Å²) < 4.78 is 32.3. The summed E-state index contributed by atoms with van der Waals surface area (Å²) in [4.78, 5) is 12.6. The van der Waals surface area contributed by atoms with Crippen LogP contribution in [0.5, 0.6) is 11.5 Å². The largest absolute Gasteiger partial charge is 0.497 e. The second-order valence-electron chi connectivity index (χ2n) is 6.80. The van der Waals surface area contributed by atoms with Crippen LogP contribution in [-0.2, 0) is 13.2 Å². The molecule has 0 saturated carbocycles. The first-order valence-electron chi connectivity index (χ1n) is 9.65. The number of nitrogens with one attached hydrogen (secondary N) is 1. The molecular formula is C23H19BrFN3O4. The van der Waals surface area contributed by atoms with E-state index in [0.29, 0.717) is 27.4 Å². The van der Waals surface area contributed by atoms with Gasteiger partial charge >= 0.3 is 0 Å². The number of carbonyl (C=O) groups excluding carboxylic acids is 1. The van der Waals surface area contributed by atoms with E-state index < -0.39 is 5.91 Å². The van der Waals surface area contributed by atoms with Crippen LogP contribution in [0.2, 0.25) is 0 Å². The molecule has 0 atom stereocenters. The molecule has 0 saturated heterocycles. The van der Waals surface area contributed by atoms with E-state index in [1.54, 1.807) is 67.9 Å². The number of methoxy groups -OCH3 is 1. The lowest BCUT2D eigenvalue weighted by Crippen LogP contribution is -2.12. The summed E-state index contributed by atoms with van der Waals surface area (Å²) in [6.45, 7) is 0.398. The van der Waals surface area contributed by atoms with E-state index in [1.165, 1.54) is 10.7 Å². The summed E-state index contributed by atoms with van der Waals surface area (Å²) in [5, 5.41) is 6.99. The fraction of sp³-hybridized carbons (Fsp3) is 0.130. The molecule has 2 aromatic heterocycles. The molecule has 0 radical (unpaired) electrons. The number of anilines is 1. The highest BCUT2D eigenvalue weighted by atomic mass is 79.9. The third-order valence-corrected chi connectivity index (χ3v) is 5.15. The second kappa shape index (κ2) is 9.69. The number of amides is 1. The maximum atomic E-state index is 13.9. The van der Waals surface area contributed by atoms with Gasteiger partial charge in [-0.15, -0.1) is 0 Å². The Balaban J connectivity index is 1.36. The predicted octanol–water partition coefficient (Wildman–Crippen LogP) is 5.27. The number of ether oxygens (including phenoxy) is 2. The smallest absolute Gasteiger partial charge is 0.292 e. The van der Waals surface area contributed by atoms with Crippen LogP contribution in [0.4, 0.5) is 10.2 Å². The van der Waals surface area contributed by atoms with Gasteiger partial charge in [0.05, 0.1) is 18.1 Å². The van der Waals surface area contributed by atoms with Crippen molar-refractivity contribution < 1.29 is 23.1 Å². The Labute approximate surface area is 191 Å². The number of halogens is 2. The maximum Gasteiger partial charge on any atom is 0.292 e. The van der Waals surface area contributed by atoms with E-state index >= 15 is 0 Å². The highest BCUT2D eigenvalue weighted by Crippen LogP contribution is 2.23. The highest BCUT2D eigenvalue weighted by molar-refractivity contribution is 9.10. The SMILES string of the molecule is COc1ccc(OCc2ccc(C(=O)Nc3nn(Cc4ccccc4F)cc3Br)o2)cc1. The molecule has 1 amide bonds. The molecule has 0 spiro atoms. The molecule has 1 N–H and O–H groups in total. The van der Waals surface area contributed by atoms with Crippen LogP contribution < -0.4 is 14.8 Å². The fourth-order valence-electron chi connectivity index (χ4n) is 2.94. The van der Waals surface area contributed by atoms with Crippen LogP contribution in [-0.4, -0.2) is 22.8 Å². The predicted molar refractivity (Wildman–Crippen MR) is 119 cm³/mol. The number of aromatic nitrogens is 2. The van der Waals surface area contributed by atoms with Gasteiger partial charge in [-0.05, 0) is 58.4 Å². The first kappa shape index (κ1) is 21.6. The molecule has 7 nitrogen and oxygen atoms in total. The number of carbonyl (C=O) groups is 1. The van der Waals surface area contributed by atoms with Crippen molar-refractivity contribution in [3.05, 3.63) is 94.2 Å². The van der Waals surface area contributed by atoms with E-state index in [2.05, 4.69) is 26.3 Å². The van der Waals surface area contributed by atoms with Gasteiger partial charge in [0, 0.05) is 11.8 Å². The van der Waals surface area contributed by atoms with Crippen LogP contribution in [0, 0.1) is 5.82 Å². The second-order valence-corrected chi connectivity index (χ2v) is 7.65. The molecule has 0 aliphatic carbocycles. The summed E-state index contributed by atoms with van der Waals surface area (Å²) >= 11 is 3.36. The minimum Gasteiger partial charge on any atom is -0.497 e. The average Bonchev–Trinajstić information content (AvgIpc) is 3.41. The first-order valence-corrected chi connectivity index (χ1v) is 10.4. The molecule has 0 aliphatic heterocycles. The summed E-state index contributed by atoms with van der Waals surface area (Å²) in [5.41, 5.74) is 0.493. The first-order chi connectivity index (χ1) is 15.5. The summed E-state index contributed by atoms with van der Waals surface area (Å²) in [6.07, 6.45) is 1.66. The van der Waals surface area contributed by atoms with Crippen molar-refractivity contribution >= 4 is 27.7 Å². The lowest BCUT2D eigenvalue weighted by molar-refractivity contribution is 0.0992. The summed E-state index contributed by atoms with van der Waals surface area (Å²) in [6, 6.07) is 16.8. The van der Waals surface area contributed by atoms with Gasteiger partial charge in [0.1, 0.15) is 29.7 Å². The van der Waals surface area contributed by atoms with Crippen molar-refractivity contribution in [1.82, 2.24) is 9.78 Å². The van der Waals surface area contributed by atoms with Crippen LogP contribution in [0.3, 0.4) is 0 Å². The molecule has 164 valence electrons. The molecule has 32 heavy (non-hydrogen) atoms. The normalized spacial score (nSPS) is 10.7. The highest BCUT2D eigenvalue weighted by Gasteiger charge is 2.16. The van der Waals surface area contributed by atoms with Crippen molar-refractivity contribution in [2.24, 2.45) is 0 Å². The topological polar surface area (TPSA) is 78.5 Å². The van der Waals surface area contributed by atoms with Gasteiger partial charge < -0.3 is 19.2 Å². The van der Waals surface area contributed by atoms with Gasteiger partial charge in [0.25, 0.3) is 5.91 Å². The third kappa shape index (κ3) is 5.17. The average molecular weight is 500 g/mol. The standard InChI is InChI=1S/C23H19BrFN3O4/c1-30-16-6-8-17(9-7-16)31-14-18-10-11-21(32-18)23(29)26-22-19(24)13-28(27-22)12-15-4-2-3-5-20(15)25/h2-11,13H,12,14H2,1H3,(H,26,27,29). The lowest BCUT2D eigenvalue weighted by atomic mass is 10.2. The zero-order chi connectivity index (χ0) is 22.5. The number of rotatable bonds is 8. The maximum absolute atomic E-state index is 13.9. The Morgan fingerprint density at radius 1 is 1.12 bits per heavy atom. The Morgan fingerprint density at radius 3 is 2.62 bits per heavy atom.